The van der Waals surface area contributed by atoms with E-state index in [-0.39, 0.29) is 17.3 Å². The minimum atomic E-state index is -4.47. The van der Waals surface area contributed by atoms with E-state index < -0.39 is 18.0 Å². The van der Waals surface area contributed by atoms with Crippen LogP contribution in [0, 0.1) is 6.92 Å². The number of halogens is 3. The molecule has 0 aliphatic rings. The summed E-state index contributed by atoms with van der Waals surface area (Å²) in [7, 11) is 0. The molecule has 0 aliphatic heterocycles. The Morgan fingerprint density at radius 3 is 2.60 bits per heavy atom. The van der Waals surface area contributed by atoms with Crippen LogP contribution in [0.25, 0.3) is 11.5 Å². The minimum Gasteiger partial charge on any atom is -0.481 e. The Balaban J connectivity index is 2.32. The fourth-order valence-electron chi connectivity index (χ4n) is 1.44. The largest absolute Gasteiger partial charge is 0.481 e. The van der Waals surface area contributed by atoms with Crippen molar-refractivity contribution in [1.82, 2.24) is 15.1 Å². The third kappa shape index (κ3) is 3.16. The minimum absolute atomic E-state index is 0.0169. The summed E-state index contributed by atoms with van der Waals surface area (Å²) in [5.74, 6) is -0.862. The summed E-state index contributed by atoms with van der Waals surface area (Å²) in [4.78, 5) is 18.3. The summed E-state index contributed by atoms with van der Waals surface area (Å²) in [6, 6.07) is 2.59. The highest BCUT2D eigenvalue weighted by atomic mass is 19.4. The number of nitrogens with one attached hydrogen (secondary N) is 1. The van der Waals surface area contributed by atoms with E-state index in [2.05, 4.69) is 19.6 Å². The van der Waals surface area contributed by atoms with Gasteiger partial charge in [0.25, 0.3) is 0 Å². The van der Waals surface area contributed by atoms with E-state index in [9.17, 15) is 18.0 Å². The van der Waals surface area contributed by atoms with E-state index in [0.717, 1.165) is 6.92 Å². The summed E-state index contributed by atoms with van der Waals surface area (Å²) in [5, 5.41) is 2.22. The Kier molecular flexibility index (Phi) is 3.51. The lowest BCUT2D eigenvalue weighted by molar-refractivity contribution is -0.189. The molecule has 20 heavy (non-hydrogen) atoms. The van der Waals surface area contributed by atoms with Crippen LogP contribution in [0.4, 0.5) is 13.2 Å². The number of pyridine rings is 1. The topological polar surface area (TPSA) is 81.0 Å². The van der Waals surface area contributed by atoms with Gasteiger partial charge in [0.05, 0.1) is 0 Å². The number of aryl methyl sites for hydroxylation is 1. The van der Waals surface area contributed by atoms with Crippen LogP contribution in [0.5, 0.6) is 5.75 Å². The molecule has 1 atom stereocenters. The van der Waals surface area contributed by atoms with Crippen molar-refractivity contribution in [3.63, 3.8) is 0 Å². The number of alkyl halides is 3. The first kappa shape index (κ1) is 14.1. The van der Waals surface area contributed by atoms with Crippen molar-refractivity contribution in [2.45, 2.75) is 26.1 Å². The third-order valence-corrected chi connectivity index (χ3v) is 2.38. The summed E-state index contributed by atoms with van der Waals surface area (Å²) in [5.41, 5.74) is 0.566. The fraction of sp³-hybridized carbons (Fsp3) is 0.364. The molecule has 0 aliphatic carbocycles. The Morgan fingerprint density at radius 2 is 2.05 bits per heavy atom. The van der Waals surface area contributed by atoms with Gasteiger partial charge in [0.1, 0.15) is 11.4 Å². The first-order valence-electron chi connectivity index (χ1n) is 5.53. The van der Waals surface area contributed by atoms with Gasteiger partial charge in [0, 0.05) is 17.8 Å². The molecule has 2 aromatic heterocycles. The van der Waals surface area contributed by atoms with Crippen LogP contribution in [-0.4, -0.2) is 27.4 Å². The van der Waals surface area contributed by atoms with E-state index in [1.165, 1.54) is 12.1 Å². The van der Waals surface area contributed by atoms with Gasteiger partial charge in [-0.1, -0.05) is 0 Å². The molecule has 2 rings (SSSR count). The molecule has 0 saturated heterocycles. The molecule has 2 heterocycles. The first-order valence-corrected chi connectivity index (χ1v) is 5.53. The standard InChI is InChI=1S/C11H10F3N3O3/c1-5-3-7(19-6(2)11(12,13)14)4-8(15-5)9-16-10(18)20-17-9/h3-4,6H,1-2H3,(H,16,17,18). The van der Waals surface area contributed by atoms with E-state index in [1.54, 1.807) is 6.92 Å². The van der Waals surface area contributed by atoms with Crippen molar-refractivity contribution in [2.75, 3.05) is 0 Å². The van der Waals surface area contributed by atoms with Crippen LogP contribution in [0.1, 0.15) is 12.6 Å². The molecular formula is C11H10F3N3O3. The van der Waals surface area contributed by atoms with Crippen molar-refractivity contribution in [3.8, 4) is 17.3 Å². The van der Waals surface area contributed by atoms with Gasteiger partial charge in [-0.2, -0.15) is 23.3 Å². The second-order valence-corrected chi connectivity index (χ2v) is 4.06. The Bertz CT molecular complexity index is 663. The van der Waals surface area contributed by atoms with Gasteiger partial charge in [-0.3, -0.25) is 0 Å². The van der Waals surface area contributed by atoms with Gasteiger partial charge in [-0.15, -0.1) is 0 Å². The molecule has 0 amide bonds. The quantitative estimate of drug-likeness (QED) is 0.935. The molecule has 0 saturated carbocycles. The fourth-order valence-corrected chi connectivity index (χ4v) is 1.44. The lowest BCUT2D eigenvalue weighted by Crippen LogP contribution is -2.31. The zero-order chi connectivity index (χ0) is 14.9. The average molecular weight is 289 g/mol. The highest BCUT2D eigenvalue weighted by molar-refractivity contribution is 5.51. The lowest BCUT2D eigenvalue weighted by atomic mass is 10.2. The maximum absolute atomic E-state index is 12.4. The molecule has 108 valence electrons. The molecule has 0 bridgehead atoms. The Morgan fingerprint density at radius 1 is 1.35 bits per heavy atom. The highest BCUT2D eigenvalue weighted by Crippen LogP contribution is 2.27. The normalized spacial score (nSPS) is 13.2. The van der Waals surface area contributed by atoms with Gasteiger partial charge in [-0.05, 0) is 13.8 Å². The molecule has 9 heteroatoms. The van der Waals surface area contributed by atoms with Crippen molar-refractivity contribution in [1.29, 1.82) is 0 Å². The van der Waals surface area contributed by atoms with E-state index in [4.69, 9.17) is 4.74 Å². The van der Waals surface area contributed by atoms with Crippen molar-refractivity contribution in [2.24, 2.45) is 0 Å². The van der Waals surface area contributed by atoms with Gasteiger partial charge in [-0.25, -0.2) is 9.78 Å². The van der Waals surface area contributed by atoms with Crippen molar-refractivity contribution in [3.05, 3.63) is 28.4 Å². The molecule has 0 radical (unpaired) electrons. The predicted molar refractivity (Wildman–Crippen MR) is 61.2 cm³/mol. The van der Waals surface area contributed by atoms with Crippen LogP contribution < -0.4 is 10.5 Å². The second kappa shape index (κ2) is 4.99. The van der Waals surface area contributed by atoms with Gasteiger partial charge in [0.2, 0.25) is 0 Å². The van der Waals surface area contributed by atoms with Gasteiger partial charge in [0.15, 0.2) is 11.9 Å². The number of rotatable bonds is 3. The summed E-state index contributed by atoms with van der Waals surface area (Å²) < 4.78 is 46.5. The van der Waals surface area contributed by atoms with E-state index in [0.29, 0.717) is 5.69 Å². The molecular weight excluding hydrogens is 279 g/mol. The van der Waals surface area contributed by atoms with Crippen LogP contribution in [0.3, 0.4) is 0 Å². The molecule has 1 N–H and O–H groups in total. The number of H-pyrrole nitrogens is 1. The first-order chi connectivity index (χ1) is 9.25. The predicted octanol–water partition coefficient (Wildman–Crippen LogP) is 2.06. The molecule has 0 fully saturated rings. The average Bonchev–Trinajstić information content (AvgIpc) is 2.74. The second-order valence-electron chi connectivity index (χ2n) is 4.06. The number of nitrogens with zero attached hydrogens (tertiary/aromatic N) is 2. The van der Waals surface area contributed by atoms with Gasteiger partial charge >= 0.3 is 11.9 Å². The maximum Gasteiger partial charge on any atom is 0.460 e. The molecule has 1 unspecified atom stereocenters. The van der Waals surface area contributed by atoms with E-state index in [1.807, 2.05) is 0 Å². The van der Waals surface area contributed by atoms with E-state index >= 15 is 0 Å². The maximum atomic E-state index is 12.4. The van der Waals surface area contributed by atoms with Crippen LogP contribution in [0.2, 0.25) is 0 Å². The zero-order valence-corrected chi connectivity index (χ0v) is 10.5. The van der Waals surface area contributed by atoms with Crippen molar-refractivity contribution >= 4 is 0 Å². The van der Waals surface area contributed by atoms with Crippen LogP contribution in [0.15, 0.2) is 21.5 Å². The smallest absolute Gasteiger partial charge is 0.460 e. The number of hydrogen-bond acceptors (Lipinski definition) is 5. The molecule has 0 aromatic carbocycles. The monoisotopic (exact) mass is 289 g/mol. The molecule has 6 nitrogen and oxygen atoms in total. The zero-order valence-electron chi connectivity index (χ0n) is 10.5. The Hall–Kier alpha value is -2.32. The molecule has 0 spiro atoms. The summed E-state index contributed by atoms with van der Waals surface area (Å²) >= 11 is 0. The summed E-state index contributed by atoms with van der Waals surface area (Å²) in [6.45, 7) is 2.47. The Labute approximate surface area is 110 Å². The van der Waals surface area contributed by atoms with Crippen molar-refractivity contribution < 1.29 is 22.4 Å². The highest BCUT2D eigenvalue weighted by Gasteiger charge is 2.38. The SMILES string of the molecule is Cc1cc(OC(C)C(F)(F)F)cc(-c2nc(=O)o[nH]2)n1. The third-order valence-electron chi connectivity index (χ3n) is 2.38. The number of hydrogen-bond donors (Lipinski definition) is 1. The number of ether oxygens (including phenoxy) is 1. The molecule has 2 aromatic rings. The number of aromatic nitrogens is 3. The summed E-state index contributed by atoms with van der Waals surface area (Å²) in [6.07, 6.45) is -6.44. The lowest BCUT2D eigenvalue weighted by Gasteiger charge is -2.18. The van der Waals surface area contributed by atoms with Crippen LogP contribution >= 0.6 is 0 Å². The van der Waals surface area contributed by atoms with Gasteiger partial charge < -0.3 is 9.26 Å². The van der Waals surface area contributed by atoms with Crippen LogP contribution in [-0.2, 0) is 0 Å². The number of aromatic amines is 1.